The molecule has 2 rings (SSSR count). The lowest BCUT2D eigenvalue weighted by Gasteiger charge is -2.01. The number of halogens is 1. The average Bonchev–Trinajstić information content (AvgIpc) is 2.68. The van der Waals surface area contributed by atoms with Crippen LogP contribution in [0.5, 0.6) is 0 Å². The molecule has 0 spiro atoms. The minimum Gasteiger partial charge on any atom is -0.480 e. The SMILES string of the molecule is O=C(O)Cn1nnnc1Cc1ccc(F)cc1. The summed E-state index contributed by atoms with van der Waals surface area (Å²) in [6.45, 7) is -0.288. The van der Waals surface area contributed by atoms with Gasteiger partial charge in [0.15, 0.2) is 5.82 Å². The van der Waals surface area contributed by atoms with Crippen molar-refractivity contribution >= 4 is 5.97 Å². The number of benzene rings is 1. The average molecular weight is 236 g/mol. The van der Waals surface area contributed by atoms with E-state index < -0.39 is 5.97 Å². The first-order valence-corrected chi connectivity index (χ1v) is 4.86. The van der Waals surface area contributed by atoms with Crippen LogP contribution >= 0.6 is 0 Å². The highest BCUT2D eigenvalue weighted by Crippen LogP contribution is 2.07. The van der Waals surface area contributed by atoms with E-state index in [0.717, 1.165) is 5.56 Å². The van der Waals surface area contributed by atoms with Gasteiger partial charge in [0.1, 0.15) is 12.4 Å². The third-order valence-electron chi connectivity index (χ3n) is 2.17. The summed E-state index contributed by atoms with van der Waals surface area (Å²) in [6, 6.07) is 5.88. The zero-order valence-electron chi connectivity index (χ0n) is 8.75. The molecule has 6 nitrogen and oxygen atoms in total. The number of rotatable bonds is 4. The molecule has 0 fully saturated rings. The van der Waals surface area contributed by atoms with Crippen molar-refractivity contribution in [2.45, 2.75) is 13.0 Å². The number of aliphatic carboxylic acids is 1. The van der Waals surface area contributed by atoms with E-state index in [1.807, 2.05) is 0 Å². The highest BCUT2D eigenvalue weighted by Gasteiger charge is 2.09. The molecule has 0 aliphatic heterocycles. The lowest BCUT2D eigenvalue weighted by molar-refractivity contribution is -0.138. The molecule has 1 aromatic heterocycles. The van der Waals surface area contributed by atoms with Crippen molar-refractivity contribution in [3.63, 3.8) is 0 Å². The minimum absolute atomic E-state index is 0.288. The van der Waals surface area contributed by atoms with Crippen molar-refractivity contribution in [3.05, 3.63) is 41.5 Å². The van der Waals surface area contributed by atoms with Gasteiger partial charge in [-0.15, -0.1) is 5.10 Å². The molecule has 88 valence electrons. The van der Waals surface area contributed by atoms with E-state index in [-0.39, 0.29) is 12.4 Å². The van der Waals surface area contributed by atoms with Crippen LogP contribution in [0.2, 0.25) is 0 Å². The van der Waals surface area contributed by atoms with Crippen LogP contribution < -0.4 is 0 Å². The molecule has 0 amide bonds. The van der Waals surface area contributed by atoms with Gasteiger partial charge in [0.25, 0.3) is 0 Å². The second-order valence-corrected chi connectivity index (χ2v) is 3.45. The molecule has 7 heteroatoms. The smallest absolute Gasteiger partial charge is 0.325 e. The molecule has 2 aromatic rings. The molecule has 1 N–H and O–H groups in total. The van der Waals surface area contributed by atoms with Crippen molar-refractivity contribution in [1.82, 2.24) is 20.2 Å². The molecule has 0 saturated carbocycles. The molecule has 1 heterocycles. The van der Waals surface area contributed by atoms with Crippen LogP contribution in [0.3, 0.4) is 0 Å². The standard InChI is InChI=1S/C10H9FN4O2/c11-8-3-1-7(2-4-8)5-9-12-13-14-15(9)6-10(16)17/h1-4H,5-6H2,(H,16,17). The summed E-state index contributed by atoms with van der Waals surface area (Å²) in [4.78, 5) is 10.6. The van der Waals surface area contributed by atoms with Gasteiger partial charge in [-0.1, -0.05) is 12.1 Å². The van der Waals surface area contributed by atoms with Crippen LogP contribution in [-0.2, 0) is 17.8 Å². The number of carbonyl (C=O) groups is 1. The zero-order valence-corrected chi connectivity index (χ0v) is 8.75. The van der Waals surface area contributed by atoms with Crippen LogP contribution in [0.15, 0.2) is 24.3 Å². The maximum absolute atomic E-state index is 12.7. The predicted octanol–water partition coefficient (Wildman–Crippen LogP) is 0.488. The summed E-state index contributed by atoms with van der Waals surface area (Å²) in [7, 11) is 0. The maximum Gasteiger partial charge on any atom is 0.325 e. The Morgan fingerprint density at radius 2 is 2.06 bits per heavy atom. The molecular weight excluding hydrogens is 227 g/mol. The van der Waals surface area contributed by atoms with Gasteiger partial charge < -0.3 is 5.11 Å². The first-order valence-electron chi connectivity index (χ1n) is 4.86. The summed E-state index contributed by atoms with van der Waals surface area (Å²) >= 11 is 0. The minimum atomic E-state index is -1.02. The van der Waals surface area contributed by atoms with Crippen LogP contribution in [0.25, 0.3) is 0 Å². The summed E-state index contributed by atoms with van der Waals surface area (Å²) in [5.74, 6) is -0.907. The number of hydrogen-bond acceptors (Lipinski definition) is 4. The summed E-state index contributed by atoms with van der Waals surface area (Å²) in [5.41, 5.74) is 0.813. The van der Waals surface area contributed by atoms with Crippen molar-refractivity contribution in [3.8, 4) is 0 Å². The quantitative estimate of drug-likeness (QED) is 0.835. The third-order valence-corrected chi connectivity index (χ3v) is 2.17. The highest BCUT2D eigenvalue weighted by atomic mass is 19.1. The van der Waals surface area contributed by atoms with Crippen molar-refractivity contribution < 1.29 is 14.3 Å². The Labute approximate surface area is 95.7 Å². The van der Waals surface area contributed by atoms with E-state index in [0.29, 0.717) is 12.2 Å². The van der Waals surface area contributed by atoms with E-state index >= 15 is 0 Å². The number of tetrazole rings is 1. The van der Waals surface area contributed by atoms with Crippen molar-refractivity contribution in [2.75, 3.05) is 0 Å². The van der Waals surface area contributed by atoms with Gasteiger partial charge in [0.05, 0.1) is 0 Å². The molecule has 0 atom stereocenters. The molecule has 0 aliphatic rings. The van der Waals surface area contributed by atoms with E-state index in [9.17, 15) is 9.18 Å². The zero-order chi connectivity index (χ0) is 12.3. The third kappa shape index (κ3) is 2.83. The summed E-state index contributed by atoms with van der Waals surface area (Å²) < 4.78 is 13.9. The molecule has 1 aromatic carbocycles. The number of aromatic nitrogens is 4. The van der Waals surface area contributed by atoms with Gasteiger partial charge in [-0.25, -0.2) is 9.07 Å². The summed E-state index contributed by atoms with van der Waals surface area (Å²) in [6.07, 6.45) is 0.362. The maximum atomic E-state index is 12.7. The van der Waals surface area contributed by atoms with E-state index in [1.54, 1.807) is 12.1 Å². The molecule has 0 aliphatic carbocycles. The fourth-order valence-electron chi connectivity index (χ4n) is 1.39. The van der Waals surface area contributed by atoms with E-state index in [2.05, 4.69) is 15.5 Å². The number of nitrogens with zero attached hydrogens (tertiary/aromatic N) is 4. The molecule has 0 radical (unpaired) electrons. The second kappa shape index (κ2) is 4.69. The number of carboxylic acid groups (broad SMARTS) is 1. The lowest BCUT2D eigenvalue weighted by atomic mass is 10.1. The Morgan fingerprint density at radius 1 is 1.35 bits per heavy atom. The van der Waals surface area contributed by atoms with Crippen LogP contribution in [0.1, 0.15) is 11.4 Å². The Morgan fingerprint density at radius 3 is 2.71 bits per heavy atom. The fourth-order valence-corrected chi connectivity index (χ4v) is 1.39. The fraction of sp³-hybridized carbons (Fsp3) is 0.200. The number of hydrogen-bond donors (Lipinski definition) is 1. The van der Waals surface area contributed by atoms with Gasteiger partial charge in [-0.3, -0.25) is 4.79 Å². The largest absolute Gasteiger partial charge is 0.480 e. The van der Waals surface area contributed by atoms with Gasteiger partial charge in [0.2, 0.25) is 0 Å². The first kappa shape index (κ1) is 11.2. The van der Waals surface area contributed by atoms with Crippen LogP contribution in [-0.4, -0.2) is 31.3 Å². The molecule has 17 heavy (non-hydrogen) atoms. The van der Waals surface area contributed by atoms with E-state index in [4.69, 9.17) is 5.11 Å². The van der Waals surface area contributed by atoms with E-state index in [1.165, 1.54) is 16.8 Å². The molecule has 0 saturated heterocycles. The molecule has 0 unspecified atom stereocenters. The normalized spacial score (nSPS) is 10.4. The predicted molar refractivity (Wildman–Crippen MR) is 54.7 cm³/mol. The monoisotopic (exact) mass is 236 g/mol. The summed E-state index contributed by atoms with van der Waals surface area (Å²) in [5, 5.41) is 19.4. The Bertz CT molecular complexity index is 523. The Kier molecular flexibility index (Phi) is 3.08. The van der Waals surface area contributed by atoms with Gasteiger partial charge in [-0.05, 0) is 28.1 Å². The first-order chi connectivity index (χ1) is 8.15. The van der Waals surface area contributed by atoms with Crippen molar-refractivity contribution in [2.24, 2.45) is 0 Å². The van der Waals surface area contributed by atoms with Crippen LogP contribution in [0, 0.1) is 5.82 Å². The Hall–Kier alpha value is -2.31. The molecular formula is C10H9FN4O2. The topological polar surface area (TPSA) is 80.9 Å². The Balaban J connectivity index is 2.15. The second-order valence-electron chi connectivity index (χ2n) is 3.45. The lowest BCUT2D eigenvalue weighted by Crippen LogP contribution is -2.13. The van der Waals surface area contributed by atoms with Gasteiger partial charge in [0, 0.05) is 6.42 Å². The van der Waals surface area contributed by atoms with Gasteiger partial charge in [-0.2, -0.15) is 0 Å². The highest BCUT2D eigenvalue weighted by molar-refractivity contribution is 5.66. The van der Waals surface area contributed by atoms with Crippen molar-refractivity contribution in [1.29, 1.82) is 0 Å². The molecule has 0 bridgehead atoms. The van der Waals surface area contributed by atoms with Gasteiger partial charge >= 0.3 is 5.97 Å². The number of carboxylic acids is 1. The van der Waals surface area contributed by atoms with Crippen LogP contribution in [0.4, 0.5) is 4.39 Å².